The molecule has 0 aliphatic rings. The molecule has 1 aromatic heterocycles. The van der Waals surface area contributed by atoms with Gasteiger partial charge < -0.3 is 4.74 Å². The minimum atomic E-state index is -0.416. The maximum absolute atomic E-state index is 10.6. The summed E-state index contributed by atoms with van der Waals surface area (Å²) in [7, 11) is 0. The summed E-state index contributed by atoms with van der Waals surface area (Å²) in [5.41, 5.74) is 0.769. The zero-order valence-electron chi connectivity index (χ0n) is 9.42. The summed E-state index contributed by atoms with van der Waals surface area (Å²) in [6, 6.07) is 8.08. The van der Waals surface area contributed by atoms with Crippen LogP contribution >= 0.6 is 0 Å². The fourth-order valence-corrected chi connectivity index (χ4v) is 1.49. The summed E-state index contributed by atoms with van der Waals surface area (Å²) < 4.78 is 5.40. The van der Waals surface area contributed by atoms with Gasteiger partial charge in [-0.25, -0.2) is 4.98 Å². The van der Waals surface area contributed by atoms with Crippen LogP contribution in [0.4, 0.5) is 5.69 Å². The van der Waals surface area contributed by atoms with Crippen LogP contribution in [0.15, 0.2) is 30.3 Å². The predicted octanol–water partition coefficient (Wildman–Crippen LogP) is 2.93. The molecular formula is C12H12N2O3. The number of nitrogens with zero attached hydrogens (tertiary/aromatic N) is 2. The number of nitro groups is 1. The first-order valence-electron chi connectivity index (χ1n) is 5.38. The zero-order valence-corrected chi connectivity index (χ0v) is 9.42. The van der Waals surface area contributed by atoms with E-state index in [1.807, 2.05) is 6.92 Å². The predicted molar refractivity (Wildman–Crippen MR) is 64.2 cm³/mol. The molecule has 0 bridgehead atoms. The molecule has 0 aliphatic heterocycles. The summed E-state index contributed by atoms with van der Waals surface area (Å²) in [4.78, 5) is 14.5. The number of aromatic nitrogens is 1. The molecule has 1 heterocycles. The highest BCUT2D eigenvalue weighted by atomic mass is 16.6. The lowest BCUT2D eigenvalue weighted by molar-refractivity contribution is -0.384. The van der Waals surface area contributed by atoms with E-state index >= 15 is 0 Å². The van der Waals surface area contributed by atoms with Crippen LogP contribution < -0.4 is 4.74 Å². The molecule has 0 unspecified atom stereocenters. The van der Waals surface area contributed by atoms with E-state index in [1.165, 1.54) is 12.1 Å². The molecule has 2 rings (SSSR count). The number of non-ortho nitro benzene ring substituents is 1. The van der Waals surface area contributed by atoms with Crippen molar-refractivity contribution >= 4 is 16.6 Å². The normalized spacial score (nSPS) is 10.4. The largest absolute Gasteiger partial charge is 0.478 e. The second-order valence-corrected chi connectivity index (χ2v) is 3.63. The molecule has 0 radical (unpaired) electrons. The Hall–Kier alpha value is -2.17. The maximum Gasteiger partial charge on any atom is 0.270 e. The van der Waals surface area contributed by atoms with E-state index in [0.717, 1.165) is 11.8 Å². The number of hydrogen-bond donors (Lipinski definition) is 0. The van der Waals surface area contributed by atoms with E-state index in [2.05, 4.69) is 4.98 Å². The Morgan fingerprint density at radius 2 is 2.18 bits per heavy atom. The van der Waals surface area contributed by atoms with Crippen molar-refractivity contribution in [2.75, 3.05) is 6.61 Å². The highest BCUT2D eigenvalue weighted by Crippen LogP contribution is 2.21. The number of hydrogen-bond acceptors (Lipinski definition) is 4. The van der Waals surface area contributed by atoms with E-state index < -0.39 is 4.92 Å². The number of rotatable bonds is 4. The molecule has 88 valence electrons. The molecule has 0 N–H and O–H groups in total. The third-order valence-corrected chi connectivity index (χ3v) is 2.31. The van der Waals surface area contributed by atoms with Gasteiger partial charge in [-0.3, -0.25) is 10.1 Å². The van der Waals surface area contributed by atoms with Crippen molar-refractivity contribution in [2.45, 2.75) is 13.3 Å². The van der Waals surface area contributed by atoms with E-state index in [-0.39, 0.29) is 5.69 Å². The Kier molecular flexibility index (Phi) is 3.18. The molecule has 5 heteroatoms. The standard InChI is InChI=1S/C12H12N2O3/c1-2-7-17-12-6-3-9-8-10(14(15)16)4-5-11(9)13-12/h3-6,8H,2,7H2,1H3. The fourth-order valence-electron chi connectivity index (χ4n) is 1.49. The number of benzene rings is 1. The average molecular weight is 232 g/mol. The van der Waals surface area contributed by atoms with Gasteiger partial charge in [0.25, 0.3) is 5.69 Å². The monoisotopic (exact) mass is 232 g/mol. The average Bonchev–Trinajstić information content (AvgIpc) is 2.35. The van der Waals surface area contributed by atoms with Crippen LogP contribution in [0.1, 0.15) is 13.3 Å². The van der Waals surface area contributed by atoms with Gasteiger partial charge >= 0.3 is 0 Å². The fraction of sp³-hybridized carbons (Fsp3) is 0.250. The van der Waals surface area contributed by atoms with Crippen LogP contribution in [0.2, 0.25) is 0 Å². The van der Waals surface area contributed by atoms with Crippen molar-refractivity contribution in [3.8, 4) is 5.88 Å². The van der Waals surface area contributed by atoms with Gasteiger partial charge in [0.1, 0.15) is 0 Å². The van der Waals surface area contributed by atoms with Crippen molar-refractivity contribution < 1.29 is 9.66 Å². The maximum atomic E-state index is 10.6. The molecule has 0 fully saturated rings. The van der Waals surface area contributed by atoms with Crippen molar-refractivity contribution in [3.63, 3.8) is 0 Å². The Balaban J connectivity index is 2.36. The molecule has 1 aromatic carbocycles. The van der Waals surface area contributed by atoms with E-state index in [1.54, 1.807) is 18.2 Å². The highest BCUT2D eigenvalue weighted by molar-refractivity contribution is 5.81. The van der Waals surface area contributed by atoms with Crippen molar-refractivity contribution in [1.29, 1.82) is 0 Å². The second-order valence-electron chi connectivity index (χ2n) is 3.63. The van der Waals surface area contributed by atoms with Gasteiger partial charge in [-0.1, -0.05) is 6.92 Å². The Morgan fingerprint density at radius 3 is 2.88 bits per heavy atom. The second kappa shape index (κ2) is 4.78. The van der Waals surface area contributed by atoms with Gasteiger partial charge in [-0.05, 0) is 18.6 Å². The Morgan fingerprint density at radius 1 is 1.35 bits per heavy atom. The summed E-state index contributed by atoms with van der Waals surface area (Å²) in [6.45, 7) is 2.63. The highest BCUT2D eigenvalue weighted by Gasteiger charge is 2.07. The van der Waals surface area contributed by atoms with Crippen LogP contribution in [-0.2, 0) is 0 Å². The molecule has 17 heavy (non-hydrogen) atoms. The lowest BCUT2D eigenvalue weighted by Crippen LogP contribution is -1.97. The SMILES string of the molecule is CCCOc1ccc2cc([N+](=O)[O-])ccc2n1. The Bertz CT molecular complexity index is 554. The third kappa shape index (κ3) is 2.50. The van der Waals surface area contributed by atoms with Gasteiger partial charge in [-0.15, -0.1) is 0 Å². The molecule has 0 spiro atoms. The zero-order chi connectivity index (χ0) is 12.3. The van der Waals surface area contributed by atoms with Crippen molar-refractivity contribution in [2.24, 2.45) is 0 Å². The molecule has 0 atom stereocenters. The van der Waals surface area contributed by atoms with Gasteiger partial charge in [0.15, 0.2) is 0 Å². The molecule has 0 aliphatic carbocycles. The molecule has 0 saturated carbocycles. The summed E-state index contributed by atoms with van der Waals surface area (Å²) in [5, 5.41) is 11.4. The molecule has 0 saturated heterocycles. The summed E-state index contributed by atoms with van der Waals surface area (Å²) >= 11 is 0. The summed E-state index contributed by atoms with van der Waals surface area (Å²) in [6.07, 6.45) is 0.917. The molecule has 2 aromatic rings. The number of nitro benzene ring substituents is 1. The van der Waals surface area contributed by atoms with E-state index in [0.29, 0.717) is 18.0 Å². The van der Waals surface area contributed by atoms with Crippen LogP contribution in [-0.4, -0.2) is 16.5 Å². The third-order valence-electron chi connectivity index (χ3n) is 2.31. The first kappa shape index (κ1) is 11.3. The van der Waals surface area contributed by atoms with Crippen LogP contribution in [0.25, 0.3) is 10.9 Å². The van der Waals surface area contributed by atoms with Crippen molar-refractivity contribution in [1.82, 2.24) is 4.98 Å². The van der Waals surface area contributed by atoms with Crippen LogP contribution in [0, 0.1) is 10.1 Å². The van der Waals surface area contributed by atoms with Gasteiger partial charge in [0.2, 0.25) is 5.88 Å². The smallest absolute Gasteiger partial charge is 0.270 e. The van der Waals surface area contributed by atoms with Crippen molar-refractivity contribution in [3.05, 3.63) is 40.4 Å². The minimum Gasteiger partial charge on any atom is -0.478 e. The van der Waals surface area contributed by atoms with Gasteiger partial charge in [0.05, 0.1) is 17.0 Å². The first-order valence-corrected chi connectivity index (χ1v) is 5.38. The Labute approximate surface area is 98.2 Å². The first-order chi connectivity index (χ1) is 8.20. The molecule has 5 nitrogen and oxygen atoms in total. The topological polar surface area (TPSA) is 65.3 Å². The van der Waals surface area contributed by atoms with Gasteiger partial charge in [-0.2, -0.15) is 0 Å². The van der Waals surface area contributed by atoms with E-state index in [9.17, 15) is 10.1 Å². The minimum absolute atomic E-state index is 0.0709. The summed E-state index contributed by atoms with van der Waals surface area (Å²) in [5.74, 6) is 0.549. The number of pyridine rings is 1. The lowest BCUT2D eigenvalue weighted by atomic mass is 10.2. The number of fused-ring (bicyclic) bond motifs is 1. The van der Waals surface area contributed by atoms with Gasteiger partial charge in [0, 0.05) is 23.6 Å². The van der Waals surface area contributed by atoms with E-state index in [4.69, 9.17) is 4.74 Å². The quantitative estimate of drug-likeness (QED) is 0.600. The number of ether oxygens (including phenoxy) is 1. The molecule has 0 amide bonds. The van der Waals surface area contributed by atoms with Crippen LogP contribution in [0.5, 0.6) is 5.88 Å². The lowest BCUT2D eigenvalue weighted by Gasteiger charge is -2.04. The van der Waals surface area contributed by atoms with Crippen LogP contribution in [0.3, 0.4) is 0 Å². The molecular weight excluding hydrogens is 220 g/mol.